The van der Waals surface area contributed by atoms with Gasteiger partial charge in [-0.3, -0.25) is 14.7 Å². The summed E-state index contributed by atoms with van der Waals surface area (Å²) in [6.07, 6.45) is 13.2. The fourth-order valence-electron chi connectivity index (χ4n) is 4.64. The predicted octanol–water partition coefficient (Wildman–Crippen LogP) is 4.04. The number of carbonyl (C=O) groups excluding carboxylic acids is 1. The molecule has 0 saturated carbocycles. The second-order valence-electron chi connectivity index (χ2n) is 8.53. The Labute approximate surface area is 174 Å². The van der Waals surface area contributed by atoms with Gasteiger partial charge in [-0.25, -0.2) is 0 Å². The van der Waals surface area contributed by atoms with Crippen LogP contribution in [0.25, 0.3) is 6.08 Å². The van der Waals surface area contributed by atoms with E-state index in [1.165, 1.54) is 24.0 Å². The molecule has 1 amide bonds. The maximum atomic E-state index is 12.5. The standard InChI is InChI=1S/C25H31N3O/c29-24-8-12-25(21-28(24)18-11-23-9-15-26-16-10-23)13-19-27(20-14-25)17-4-7-22-5-2-1-3-6-22/h1-7,9-10,15-16H,8,11-14,17-21H2. The van der Waals surface area contributed by atoms with E-state index < -0.39 is 0 Å². The lowest BCUT2D eigenvalue weighted by Gasteiger charge is -2.47. The van der Waals surface area contributed by atoms with Crippen molar-refractivity contribution < 1.29 is 4.79 Å². The summed E-state index contributed by atoms with van der Waals surface area (Å²) in [7, 11) is 0. The highest BCUT2D eigenvalue weighted by atomic mass is 16.2. The Balaban J connectivity index is 1.27. The van der Waals surface area contributed by atoms with E-state index in [-0.39, 0.29) is 0 Å². The summed E-state index contributed by atoms with van der Waals surface area (Å²) in [4.78, 5) is 21.2. The van der Waals surface area contributed by atoms with Crippen molar-refractivity contribution in [3.05, 3.63) is 72.1 Å². The number of amides is 1. The molecule has 0 atom stereocenters. The first kappa shape index (κ1) is 19.8. The van der Waals surface area contributed by atoms with Crippen LogP contribution in [0.5, 0.6) is 0 Å². The predicted molar refractivity (Wildman–Crippen MR) is 117 cm³/mol. The van der Waals surface area contributed by atoms with Crippen LogP contribution in [-0.2, 0) is 11.2 Å². The summed E-state index contributed by atoms with van der Waals surface area (Å²) in [6, 6.07) is 14.6. The zero-order chi connectivity index (χ0) is 19.9. The molecular weight excluding hydrogens is 358 g/mol. The molecule has 152 valence electrons. The Kier molecular flexibility index (Phi) is 6.40. The van der Waals surface area contributed by atoms with Crippen LogP contribution in [0.1, 0.15) is 36.8 Å². The zero-order valence-corrected chi connectivity index (χ0v) is 17.2. The van der Waals surface area contributed by atoms with Crippen LogP contribution in [0.4, 0.5) is 0 Å². The maximum absolute atomic E-state index is 12.5. The van der Waals surface area contributed by atoms with Crippen LogP contribution in [0.15, 0.2) is 60.9 Å². The van der Waals surface area contributed by atoms with E-state index in [4.69, 9.17) is 0 Å². The summed E-state index contributed by atoms with van der Waals surface area (Å²) in [5.41, 5.74) is 2.84. The number of pyridine rings is 1. The fraction of sp³-hybridized carbons (Fsp3) is 0.440. The van der Waals surface area contributed by atoms with Gasteiger partial charge in [0.2, 0.25) is 5.91 Å². The number of likely N-dealkylation sites (tertiary alicyclic amines) is 2. The number of hydrogen-bond donors (Lipinski definition) is 0. The monoisotopic (exact) mass is 389 g/mol. The smallest absolute Gasteiger partial charge is 0.222 e. The molecule has 0 N–H and O–H groups in total. The number of rotatable bonds is 6. The van der Waals surface area contributed by atoms with Gasteiger partial charge in [0.25, 0.3) is 0 Å². The molecule has 2 aromatic rings. The van der Waals surface area contributed by atoms with E-state index in [2.05, 4.69) is 57.3 Å². The first-order valence-electron chi connectivity index (χ1n) is 10.8. The van der Waals surface area contributed by atoms with Gasteiger partial charge in [-0.2, -0.15) is 0 Å². The van der Waals surface area contributed by atoms with E-state index in [1.54, 1.807) is 0 Å². The van der Waals surface area contributed by atoms with Gasteiger partial charge in [-0.15, -0.1) is 0 Å². The topological polar surface area (TPSA) is 36.4 Å². The van der Waals surface area contributed by atoms with E-state index in [9.17, 15) is 4.79 Å². The highest BCUT2D eigenvalue weighted by Crippen LogP contribution is 2.40. The number of aromatic nitrogens is 1. The van der Waals surface area contributed by atoms with Crippen LogP contribution in [-0.4, -0.2) is 53.4 Å². The van der Waals surface area contributed by atoms with Gasteiger partial charge in [-0.05, 0) is 67.4 Å². The third kappa shape index (κ3) is 5.33. The van der Waals surface area contributed by atoms with Crippen molar-refractivity contribution in [3.8, 4) is 0 Å². The lowest BCUT2D eigenvalue weighted by Crippen LogP contribution is -2.51. The molecule has 2 aliphatic heterocycles. The molecule has 3 heterocycles. The number of nitrogens with zero attached hydrogens (tertiary/aromatic N) is 3. The number of piperidine rings is 2. The SMILES string of the molecule is O=C1CCC2(CCN(CC=Cc3ccccc3)CC2)CN1CCc1ccncc1. The van der Waals surface area contributed by atoms with Crippen LogP contribution in [0.3, 0.4) is 0 Å². The van der Waals surface area contributed by atoms with Crippen molar-refractivity contribution in [1.29, 1.82) is 0 Å². The van der Waals surface area contributed by atoms with Crippen molar-refractivity contribution in [1.82, 2.24) is 14.8 Å². The third-order valence-electron chi connectivity index (χ3n) is 6.56. The molecule has 1 aromatic carbocycles. The Morgan fingerprint density at radius 2 is 1.76 bits per heavy atom. The lowest BCUT2D eigenvalue weighted by molar-refractivity contribution is -0.139. The molecule has 4 rings (SSSR count). The molecule has 4 heteroatoms. The summed E-state index contributed by atoms with van der Waals surface area (Å²) in [6.45, 7) is 5.03. The summed E-state index contributed by atoms with van der Waals surface area (Å²) >= 11 is 0. The molecule has 1 spiro atoms. The Bertz CT molecular complexity index is 810. The molecule has 29 heavy (non-hydrogen) atoms. The number of benzene rings is 1. The molecular formula is C25H31N3O. The molecule has 2 fully saturated rings. The summed E-state index contributed by atoms with van der Waals surface area (Å²) < 4.78 is 0. The van der Waals surface area contributed by atoms with Crippen LogP contribution < -0.4 is 0 Å². The summed E-state index contributed by atoms with van der Waals surface area (Å²) in [5.74, 6) is 0.331. The van der Waals surface area contributed by atoms with Gasteiger partial charge in [0.1, 0.15) is 0 Å². The minimum atomic E-state index is 0.325. The maximum Gasteiger partial charge on any atom is 0.222 e. The van der Waals surface area contributed by atoms with Crippen molar-refractivity contribution in [3.63, 3.8) is 0 Å². The van der Waals surface area contributed by atoms with E-state index in [0.29, 0.717) is 17.7 Å². The molecule has 2 aliphatic rings. The Hall–Kier alpha value is -2.46. The molecule has 1 aromatic heterocycles. The van der Waals surface area contributed by atoms with Crippen LogP contribution in [0.2, 0.25) is 0 Å². The van der Waals surface area contributed by atoms with E-state index >= 15 is 0 Å². The summed E-state index contributed by atoms with van der Waals surface area (Å²) in [5, 5.41) is 0. The molecule has 4 nitrogen and oxygen atoms in total. The van der Waals surface area contributed by atoms with Gasteiger partial charge >= 0.3 is 0 Å². The molecule has 0 unspecified atom stereocenters. The minimum Gasteiger partial charge on any atom is -0.342 e. The molecule has 0 bridgehead atoms. The lowest BCUT2D eigenvalue weighted by atomic mass is 9.72. The highest BCUT2D eigenvalue weighted by Gasteiger charge is 2.40. The van der Waals surface area contributed by atoms with Crippen molar-refractivity contribution in [2.45, 2.75) is 32.1 Å². The number of carbonyl (C=O) groups is 1. The van der Waals surface area contributed by atoms with Crippen molar-refractivity contribution in [2.75, 3.05) is 32.7 Å². The van der Waals surface area contributed by atoms with Crippen LogP contribution >= 0.6 is 0 Å². The first-order chi connectivity index (χ1) is 14.2. The zero-order valence-electron chi connectivity index (χ0n) is 17.2. The van der Waals surface area contributed by atoms with Crippen molar-refractivity contribution in [2.24, 2.45) is 5.41 Å². The first-order valence-corrected chi connectivity index (χ1v) is 10.8. The largest absolute Gasteiger partial charge is 0.342 e. The fourth-order valence-corrected chi connectivity index (χ4v) is 4.64. The minimum absolute atomic E-state index is 0.325. The Morgan fingerprint density at radius 3 is 2.52 bits per heavy atom. The average Bonchev–Trinajstić information content (AvgIpc) is 2.77. The third-order valence-corrected chi connectivity index (χ3v) is 6.56. The average molecular weight is 390 g/mol. The van der Waals surface area contributed by atoms with E-state index in [0.717, 1.165) is 45.6 Å². The Morgan fingerprint density at radius 1 is 1.00 bits per heavy atom. The molecule has 0 aliphatic carbocycles. The van der Waals surface area contributed by atoms with Gasteiger partial charge in [-0.1, -0.05) is 42.5 Å². The molecule has 2 saturated heterocycles. The molecule has 0 radical (unpaired) electrons. The van der Waals surface area contributed by atoms with Gasteiger partial charge in [0, 0.05) is 38.4 Å². The van der Waals surface area contributed by atoms with Crippen molar-refractivity contribution >= 4 is 12.0 Å². The van der Waals surface area contributed by atoms with E-state index in [1.807, 2.05) is 24.5 Å². The normalized spacial score (nSPS) is 19.9. The second kappa shape index (κ2) is 9.36. The van der Waals surface area contributed by atoms with Gasteiger partial charge < -0.3 is 4.90 Å². The van der Waals surface area contributed by atoms with Crippen LogP contribution in [0, 0.1) is 5.41 Å². The quantitative estimate of drug-likeness (QED) is 0.748. The van der Waals surface area contributed by atoms with Gasteiger partial charge in [0.15, 0.2) is 0 Å². The highest BCUT2D eigenvalue weighted by molar-refractivity contribution is 5.77. The number of hydrogen-bond acceptors (Lipinski definition) is 3. The van der Waals surface area contributed by atoms with Gasteiger partial charge in [0.05, 0.1) is 0 Å². The second-order valence-corrected chi connectivity index (χ2v) is 8.53.